The van der Waals surface area contributed by atoms with Gasteiger partial charge in [-0.25, -0.2) is 0 Å². The van der Waals surface area contributed by atoms with Crippen LogP contribution in [0, 0.1) is 11.3 Å². The molecule has 0 aliphatic carbocycles. The van der Waals surface area contributed by atoms with Gasteiger partial charge in [-0.15, -0.1) is 0 Å². The van der Waals surface area contributed by atoms with Crippen LogP contribution < -0.4 is 5.32 Å². The van der Waals surface area contributed by atoms with Gasteiger partial charge in [0.05, 0.1) is 6.07 Å². The molecule has 1 N–H and O–H groups in total. The summed E-state index contributed by atoms with van der Waals surface area (Å²) in [5, 5.41) is 11.7. The monoisotopic (exact) mass is 230 g/mol. The van der Waals surface area contributed by atoms with Gasteiger partial charge >= 0.3 is 0 Å². The van der Waals surface area contributed by atoms with E-state index in [-0.39, 0.29) is 5.91 Å². The second kappa shape index (κ2) is 6.05. The van der Waals surface area contributed by atoms with Crippen molar-refractivity contribution in [1.29, 1.82) is 5.26 Å². The minimum absolute atomic E-state index is 0.0697. The van der Waals surface area contributed by atoms with E-state index in [4.69, 9.17) is 5.26 Å². The third kappa shape index (κ3) is 4.28. The zero-order chi connectivity index (χ0) is 12.7. The topological polar surface area (TPSA) is 52.9 Å². The SMILES string of the molecule is CCC(C)(C#N)NC(=O)CCc1ccccc1. The lowest BCUT2D eigenvalue weighted by molar-refractivity contribution is -0.122. The molecule has 0 aromatic heterocycles. The highest BCUT2D eigenvalue weighted by molar-refractivity contribution is 5.77. The number of amides is 1. The smallest absolute Gasteiger partial charge is 0.221 e. The number of benzene rings is 1. The van der Waals surface area contributed by atoms with Crippen molar-refractivity contribution in [2.75, 3.05) is 0 Å². The zero-order valence-corrected chi connectivity index (χ0v) is 10.4. The highest BCUT2D eigenvalue weighted by Crippen LogP contribution is 2.08. The van der Waals surface area contributed by atoms with Crippen molar-refractivity contribution in [3.8, 4) is 6.07 Å². The van der Waals surface area contributed by atoms with E-state index in [9.17, 15) is 4.79 Å². The first-order valence-electron chi connectivity index (χ1n) is 5.86. The lowest BCUT2D eigenvalue weighted by Gasteiger charge is -2.21. The number of carbonyl (C=O) groups is 1. The lowest BCUT2D eigenvalue weighted by atomic mass is 10.0. The Morgan fingerprint density at radius 3 is 2.59 bits per heavy atom. The largest absolute Gasteiger partial charge is 0.338 e. The van der Waals surface area contributed by atoms with Crippen LogP contribution in [0.15, 0.2) is 30.3 Å². The third-order valence-corrected chi connectivity index (χ3v) is 2.85. The Bertz CT molecular complexity index is 408. The maximum atomic E-state index is 11.7. The van der Waals surface area contributed by atoms with Crippen LogP contribution in [0.2, 0.25) is 0 Å². The van der Waals surface area contributed by atoms with Gasteiger partial charge in [-0.3, -0.25) is 4.79 Å². The summed E-state index contributed by atoms with van der Waals surface area (Å²) in [5.41, 5.74) is 0.395. The molecule has 0 heterocycles. The molecule has 0 spiro atoms. The molecule has 0 radical (unpaired) electrons. The van der Waals surface area contributed by atoms with E-state index in [0.29, 0.717) is 19.3 Å². The maximum absolute atomic E-state index is 11.7. The molecule has 3 heteroatoms. The van der Waals surface area contributed by atoms with Crippen LogP contribution in [-0.4, -0.2) is 11.4 Å². The number of nitrogens with zero attached hydrogens (tertiary/aromatic N) is 1. The number of hydrogen-bond donors (Lipinski definition) is 1. The number of rotatable bonds is 5. The summed E-state index contributed by atoms with van der Waals surface area (Å²) in [6.07, 6.45) is 1.74. The summed E-state index contributed by atoms with van der Waals surface area (Å²) in [7, 11) is 0. The molecule has 1 amide bonds. The molecule has 90 valence electrons. The van der Waals surface area contributed by atoms with Crippen molar-refractivity contribution in [3.05, 3.63) is 35.9 Å². The average Bonchev–Trinajstić information content (AvgIpc) is 2.37. The minimum atomic E-state index is -0.742. The Morgan fingerprint density at radius 1 is 1.41 bits per heavy atom. The summed E-state index contributed by atoms with van der Waals surface area (Å²) in [4.78, 5) is 11.7. The van der Waals surface area contributed by atoms with Crippen molar-refractivity contribution in [2.45, 2.75) is 38.6 Å². The van der Waals surface area contributed by atoms with Crippen LogP contribution in [0.25, 0.3) is 0 Å². The van der Waals surface area contributed by atoms with Gasteiger partial charge in [-0.05, 0) is 25.3 Å². The minimum Gasteiger partial charge on any atom is -0.338 e. The molecule has 17 heavy (non-hydrogen) atoms. The number of nitriles is 1. The summed E-state index contributed by atoms with van der Waals surface area (Å²) in [6.45, 7) is 3.63. The van der Waals surface area contributed by atoms with Gasteiger partial charge in [0.15, 0.2) is 0 Å². The molecule has 1 aromatic rings. The highest BCUT2D eigenvalue weighted by Gasteiger charge is 2.22. The molecule has 3 nitrogen and oxygen atoms in total. The van der Waals surface area contributed by atoms with E-state index in [1.54, 1.807) is 6.92 Å². The molecule has 1 atom stereocenters. The summed E-state index contributed by atoms with van der Waals surface area (Å²) in [6, 6.07) is 12.0. The van der Waals surface area contributed by atoms with Crippen LogP contribution >= 0.6 is 0 Å². The van der Waals surface area contributed by atoms with Gasteiger partial charge in [0.2, 0.25) is 5.91 Å². The second-order valence-electron chi connectivity index (χ2n) is 4.33. The van der Waals surface area contributed by atoms with E-state index >= 15 is 0 Å². The predicted octanol–water partition coefficient (Wildman–Crippen LogP) is 2.43. The molecule has 1 aromatic carbocycles. The molecule has 0 aliphatic heterocycles. The summed E-state index contributed by atoms with van der Waals surface area (Å²) < 4.78 is 0. The predicted molar refractivity (Wildman–Crippen MR) is 67.2 cm³/mol. The Morgan fingerprint density at radius 2 is 2.06 bits per heavy atom. The Balaban J connectivity index is 2.44. The molecule has 0 fully saturated rings. The molecule has 0 saturated carbocycles. The molecular weight excluding hydrogens is 212 g/mol. The van der Waals surface area contributed by atoms with Crippen LogP contribution in [0.3, 0.4) is 0 Å². The summed E-state index contributed by atoms with van der Waals surface area (Å²) >= 11 is 0. The first-order chi connectivity index (χ1) is 8.09. The zero-order valence-electron chi connectivity index (χ0n) is 10.4. The molecular formula is C14H18N2O. The quantitative estimate of drug-likeness (QED) is 0.844. The molecule has 0 bridgehead atoms. The van der Waals surface area contributed by atoms with E-state index in [0.717, 1.165) is 5.56 Å². The van der Waals surface area contributed by atoms with Gasteiger partial charge in [-0.2, -0.15) is 5.26 Å². The van der Waals surface area contributed by atoms with Gasteiger partial charge in [-0.1, -0.05) is 37.3 Å². The van der Waals surface area contributed by atoms with Gasteiger partial charge in [0.25, 0.3) is 0 Å². The standard InChI is InChI=1S/C14H18N2O/c1-3-14(2,11-15)16-13(17)10-9-12-7-5-4-6-8-12/h4-8H,3,9-10H2,1-2H3,(H,16,17). The van der Waals surface area contributed by atoms with Crippen molar-refractivity contribution in [2.24, 2.45) is 0 Å². The molecule has 1 unspecified atom stereocenters. The first kappa shape index (κ1) is 13.2. The van der Waals surface area contributed by atoms with Gasteiger partial charge < -0.3 is 5.32 Å². The number of carbonyl (C=O) groups excluding carboxylic acids is 1. The van der Waals surface area contributed by atoms with Crippen LogP contribution in [-0.2, 0) is 11.2 Å². The van der Waals surface area contributed by atoms with Gasteiger partial charge in [0.1, 0.15) is 5.54 Å². The van der Waals surface area contributed by atoms with Crippen LogP contribution in [0.5, 0.6) is 0 Å². The first-order valence-corrected chi connectivity index (χ1v) is 5.86. The van der Waals surface area contributed by atoms with Crippen molar-refractivity contribution >= 4 is 5.91 Å². The fourth-order valence-corrected chi connectivity index (χ4v) is 1.47. The van der Waals surface area contributed by atoms with Crippen LogP contribution in [0.1, 0.15) is 32.3 Å². The highest BCUT2D eigenvalue weighted by atomic mass is 16.1. The number of aryl methyl sites for hydroxylation is 1. The van der Waals surface area contributed by atoms with E-state index < -0.39 is 5.54 Å². The average molecular weight is 230 g/mol. The van der Waals surface area contributed by atoms with Crippen molar-refractivity contribution < 1.29 is 4.79 Å². The van der Waals surface area contributed by atoms with E-state index in [2.05, 4.69) is 11.4 Å². The second-order valence-corrected chi connectivity index (χ2v) is 4.33. The normalized spacial score (nSPS) is 13.5. The van der Waals surface area contributed by atoms with E-state index in [1.807, 2.05) is 37.3 Å². The lowest BCUT2D eigenvalue weighted by Crippen LogP contribution is -2.44. The molecule has 0 aliphatic rings. The van der Waals surface area contributed by atoms with Crippen molar-refractivity contribution in [1.82, 2.24) is 5.32 Å². The van der Waals surface area contributed by atoms with E-state index in [1.165, 1.54) is 0 Å². The Hall–Kier alpha value is -1.82. The Kier molecular flexibility index (Phi) is 4.71. The van der Waals surface area contributed by atoms with Crippen LogP contribution in [0.4, 0.5) is 0 Å². The maximum Gasteiger partial charge on any atom is 0.221 e. The van der Waals surface area contributed by atoms with Crippen molar-refractivity contribution in [3.63, 3.8) is 0 Å². The third-order valence-electron chi connectivity index (χ3n) is 2.85. The fourth-order valence-electron chi connectivity index (χ4n) is 1.47. The number of nitrogens with one attached hydrogen (secondary N) is 1. The fraction of sp³-hybridized carbons (Fsp3) is 0.429. The number of hydrogen-bond acceptors (Lipinski definition) is 2. The summed E-state index contributed by atoms with van der Waals surface area (Å²) in [5.74, 6) is -0.0697. The Labute approximate surface area is 102 Å². The van der Waals surface area contributed by atoms with Gasteiger partial charge in [0, 0.05) is 6.42 Å². The molecule has 0 saturated heterocycles. The molecule has 1 rings (SSSR count).